The molecule has 1 aromatic heterocycles. The molecular formula is C24H23NO6. The van der Waals surface area contributed by atoms with Crippen molar-refractivity contribution < 1.29 is 23.5 Å². The summed E-state index contributed by atoms with van der Waals surface area (Å²) < 4.78 is 16.1. The molecule has 3 aromatic rings. The lowest BCUT2D eigenvalue weighted by molar-refractivity contribution is -0.136. The number of esters is 1. The molecule has 1 atom stereocenters. The molecule has 0 aliphatic heterocycles. The number of aryl methyl sites for hydroxylation is 2. The van der Waals surface area contributed by atoms with Gasteiger partial charge in [-0.25, -0.2) is 14.4 Å². The highest BCUT2D eigenvalue weighted by molar-refractivity contribution is 5.88. The van der Waals surface area contributed by atoms with E-state index in [0.29, 0.717) is 11.1 Å². The molecule has 1 aliphatic carbocycles. The fraction of sp³-hybridized carbons (Fsp3) is 0.292. The zero-order valence-electron chi connectivity index (χ0n) is 17.4. The molecule has 0 spiro atoms. The van der Waals surface area contributed by atoms with Crippen molar-refractivity contribution in [3.05, 3.63) is 75.1 Å². The van der Waals surface area contributed by atoms with Crippen molar-refractivity contribution in [2.45, 2.75) is 45.8 Å². The Labute approximate surface area is 179 Å². The van der Waals surface area contributed by atoms with Crippen LogP contribution in [0.25, 0.3) is 11.0 Å². The largest absolute Gasteiger partial charge is 0.445 e. The molecule has 0 bridgehead atoms. The maximum absolute atomic E-state index is 12.5. The van der Waals surface area contributed by atoms with E-state index in [4.69, 9.17) is 13.9 Å². The third kappa shape index (κ3) is 4.30. The van der Waals surface area contributed by atoms with Gasteiger partial charge in [-0.05, 0) is 56.4 Å². The van der Waals surface area contributed by atoms with E-state index >= 15 is 0 Å². The Balaban J connectivity index is 1.43. The second-order valence-corrected chi connectivity index (χ2v) is 7.61. The third-order valence-electron chi connectivity index (χ3n) is 5.45. The van der Waals surface area contributed by atoms with Crippen LogP contribution in [0.2, 0.25) is 0 Å². The number of nitrogens with one attached hydrogen (secondary N) is 1. The summed E-state index contributed by atoms with van der Waals surface area (Å²) in [5.74, 6) is -0.368. The van der Waals surface area contributed by atoms with E-state index in [9.17, 15) is 14.4 Å². The lowest BCUT2D eigenvalue weighted by Gasteiger charge is -2.15. The molecule has 31 heavy (non-hydrogen) atoms. The van der Waals surface area contributed by atoms with Gasteiger partial charge in [0, 0.05) is 16.5 Å². The molecule has 0 radical (unpaired) electrons. The fourth-order valence-corrected chi connectivity index (χ4v) is 3.77. The van der Waals surface area contributed by atoms with Crippen LogP contribution in [0.4, 0.5) is 4.79 Å². The average molecular weight is 421 g/mol. The molecule has 1 N–H and O–H groups in total. The quantitative estimate of drug-likeness (QED) is 0.382. The Morgan fingerprint density at radius 3 is 2.61 bits per heavy atom. The smallest absolute Gasteiger partial charge is 0.408 e. The summed E-state index contributed by atoms with van der Waals surface area (Å²) in [6.45, 7) is 3.35. The Kier molecular flexibility index (Phi) is 5.75. The van der Waals surface area contributed by atoms with Crippen molar-refractivity contribution in [3.63, 3.8) is 0 Å². The van der Waals surface area contributed by atoms with Crippen molar-refractivity contribution in [1.82, 2.24) is 5.32 Å². The fourth-order valence-electron chi connectivity index (χ4n) is 3.77. The predicted molar refractivity (Wildman–Crippen MR) is 114 cm³/mol. The molecule has 2 aromatic carbocycles. The molecule has 1 heterocycles. The van der Waals surface area contributed by atoms with Crippen molar-refractivity contribution >= 4 is 23.0 Å². The number of hydrogen-bond acceptors (Lipinski definition) is 6. The van der Waals surface area contributed by atoms with Gasteiger partial charge in [0.2, 0.25) is 0 Å². The van der Waals surface area contributed by atoms with Gasteiger partial charge in [0.15, 0.2) is 0 Å². The average Bonchev–Trinajstić information content (AvgIpc) is 3.26. The minimum absolute atomic E-state index is 0.0988. The van der Waals surface area contributed by atoms with Gasteiger partial charge < -0.3 is 19.2 Å². The summed E-state index contributed by atoms with van der Waals surface area (Å²) in [6.07, 6.45) is 1.78. The van der Waals surface area contributed by atoms with Crippen molar-refractivity contribution in [3.8, 4) is 5.75 Å². The number of rotatable bonds is 5. The summed E-state index contributed by atoms with van der Waals surface area (Å²) in [5, 5.41) is 3.34. The number of amides is 1. The molecule has 0 saturated heterocycles. The number of carbonyl (C=O) groups excluding carboxylic acids is 2. The monoisotopic (exact) mass is 421 g/mol. The van der Waals surface area contributed by atoms with Crippen LogP contribution in [0.3, 0.4) is 0 Å². The van der Waals surface area contributed by atoms with Gasteiger partial charge in [-0.1, -0.05) is 30.3 Å². The first kappa shape index (κ1) is 20.7. The zero-order chi connectivity index (χ0) is 22.0. The van der Waals surface area contributed by atoms with E-state index < -0.39 is 18.1 Å². The van der Waals surface area contributed by atoms with Crippen LogP contribution in [-0.2, 0) is 29.0 Å². The predicted octanol–water partition coefficient (Wildman–Crippen LogP) is 3.81. The van der Waals surface area contributed by atoms with Crippen molar-refractivity contribution in [2.24, 2.45) is 0 Å². The number of alkyl carbamates (subject to hydrolysis) is 1. The maximum atomic E-state index is 12.5. The maximum Gasteiger partial charge on any atom is 0.408 e. The SMILES string of the molecule is Cc1c(OC(=O)C(C)NC(=O)OCc2ccccc2)ccc2c3c(c(=O)oc12)CCC3. The summed E-state index contributed by atoms with van der Waals surface area (Å²) in [5.41, 5.74) is 3.26. The second kappa shape index (κ2) is 8.63. The summed E-state index contributed by atoms with van der Waals surface area (Å²) in [4.78, 5) is 36.7. The van der Waals surface area contributed by atoms with Gasteiger partial charge in [-0.15, -0.1) is 0 Å². The Hall–Kier alpha value is -3.61. The molecule has 4 rings (SSSR count). The van der Waals surface area contributed by atoms with Gasteiger partial charge >= 0.3 is 17.7 Å². The first-order valence-electron chi connectivity index (χ1n) is 10.2. The Bertz CT molecular complexity index is 1200. The highest BCUT2D eigenvalue weighted by Gasteiger charge is 2.23. The molecule has 0 fully saturated rings. The molecule has 7 nitrogen and oxygen atoms in total. The van der Waals surface area contributed by atoms with E-state index in [2.05, 4.69) is 5.32 Å². The standard InChI is InChI=1S/C24H23NO6/c1-14-20(12-11-18-17-9-6-10-19(17)23(27)31-21(14)18)30-22(26)15(2)25-24(28)29-13-16-7-4-3-5-8-16/h3-5,7-8,11-12,15H,6,9-10,13H2,1-2H3,(H,25,28). The summed E-state index contributed by atoms with van der Waals surface area (Å²) in [6, 6.07) is 11.8. The number of benzene rings is 2. The molecule has 0 saturated carbocycles. The molecule has 1 amide bonds. The number of ether oxygens (including phenoxy) is 2. The van der Waals surface area contributed by atoms with E-state index in [1.807, 2.05) is 36.4 Å². The van der Waals surface area contributed by atoms with Crippen LogP contribution in [-0.4, -0.2) is 18.1 Å². The van der Waals surface area contributed by atoms with E-state index in [1.54, 1.807) is 13.0 Å². The van der Waals surface area contributed by atoms with Crippen LogP contribution in [0.5, 0.6) is 5.75 Å². The summed E-state index contributed by atoms with van der Waals surface area (Å²) in [7, 11) is 0. The molecule has 160 valence electrons. The van der Waals surface area contributed by atoms with Crippen LogP contribution in [0.1, 0.15) is 35.6 Å². The lowest BCUT2D eigenvalue weighted by atomic mass is 10.0. The zero-order valence-corrected chi connectivity index (χ0v) is 17.4. The highest BCUT2D eigenvalue weighted by atomic mass is 16.6. The number of fused-ring (bicyclic) bond motifs is 3. The topological polar surface area (TPSA) is 94.8 Å². The van der Waals surface area contributed by atoms with Gasteiger partial charge in [-0.3, -0.25) is 0 Å². The third-order valence-corrected chi connectivity index (χ3v) is 5.45. The molecule has 1 unspecified atom stereocenters. The summed E-state index contributed by atoms with van der Waals surface area (Å²) >= 11 is 0. The van der Waals surface area contributed by atoms with Crippen LogP contribution < -0.4 is 15.7 Å². The van der Waals surface area contributed by atoms with Crippen molar-refractivity contribution in [1.29, 1.82) is 0 Å². The Morgan fingerprint density at radius 2 is 1.84 bits per heavy atom. The number of carbonyl (C=O) groups is 2. The van der Waals surface area contributed by atoms with Crippen molar-refractivity contribution in [2.75, 3.05) is 0 Å². The molecule has 1 aliphatic rings. The van der Waals surface area contributed by atoms with Gasteiger partial charge in [0.05, 0.1) is 0 Å². The van der Waals surface area contributed by atoms with E-state index in [1.165, 1.54) is 6.92 Å². The number of hydrogen-bond donors (Lipinski definition) is 1. The van der Waals surface area contributed by atoms with E-state index in [0.717, 1.165) is 41.3 Å². The van der Waals surface area contributed by atoms with Gasteiger partial charge in [-0.2, -0.15) is 0 Å². The van der Waals surface area contributed by atoms with Crippen LogP contribution in [0, 0.1) is 6.92 Å². The van der Waals surface area contributed by atoms with Crippen LogP contribution in [0.15, 0.2) is 51.7 Å². The Morgan fingerprint density at radius 1 is 1.10 bits per heavy atom. The van der Waals surface area contributed by atoms with Gasteiger partial charge in [0.1, 0.15) is 24.0 Å². The second-order valence-electron chi connectivity index (χ2n) is 7.61. The molecular weight excluding hydrogens is 398 g/mol. The first-order valence-corrected chi connectivity index (χ1v) is 10.2. The highest BCUT2D eigenvalue weighted by Crippen LogP contribution is 2.33. The van der Waals surface area contributed by atoms with Crippen LogP contribution >= 0.6 is 0 Å². The minimum atomic E-state index is -0.926. The lowest BCUT2D eigenvalue weighted by Crippen LogP contribution is -2.41. The van der Waals surface area contributed by atoms with E-state index in [-0.39, 0.29) is 18.0 Å². The van der Waals surface area contributed by atoms with Gasteiger partial charge in [0.25, 0.3) is 0 Å². The molecule has 7 heteroatoms. The first-order chi connectivity index (χ1) is 14.9. The normalized spacial score (nSPS) is 13.5. The minimum Gasteiger partial charge on any atom is -0.445 e.